The lowest BCUT2D eigenvalue weighted by Crippen LogP contribution is -2.00. The minimum absolute atomic E-state index is 0.124. The van der Waals surface area contributed by atoms with Crippen molar-refractivity contribution in [2.24, 2.45) is 0 Å². The zero-order valence-electron chi connectivity index (χ0n) is 8.44. The van der Waals surface area contributed by atoms with Gasteiger partial charge >= 0.3 is 0 Å². The van der Waals surface area contributed by atoms with Crippen LogP contribution in [-0.2, 0) is 6.54 Å². The van der Waals surface area contributed by atoms with Gasteiger partial charge in [0.2, 0.25) is 0 Å². The van der Waals surface area contributed by atoms with Crippen molar-refractivity contribution in [2.75, 3.05) is 5.32 Å². The summed E-state index contributed by atoms with van der Waals surface area (Å²) in [5, 5.41) is 2.86. The molecule has 0 fully saturated rings. The van der Waals surface area contributed by atoms with Crippen LogP contribution in [0.5, 0.6) is 0 Å². The van der Waals surface area contributed by atoms with Crippen molar-refractivity contribution >= 4 is 48.9 Å². The van der Waals surface area contributed by atoms with Gasteiger partial charge in [-0.1, -0.05) is 0 Å². The Bertz CT molecular complexity index is 542. The van der Waals surface area contributed by atoms with Crippen LogP contribution >= 0.6 is 43.2 Å². The molecule has 1 N–H and O–H groups in total. The average molecular weight is 383 g/mol. The second-order valence-corrected chi connectivity index (χ2v) is 6.71. The van der Waals surface area contributed by atoms with Crippen LogP contribution in [0.25, 0.3) is 0 Å². The molecule has 0 amide bonds. The molecular weight excluding hydrogens is 376 g/mol. The van der Waals surface area contributed by atoms with E-state index in [1.165, 1.54) is 0 Å². The minimum Gasteiger partial charge on any atom is -0.378 e. The summed E-state index contributed by atoms with van der Waals surface area (Å²) in [6.07, 6.45) is 0. The number of halogens is 4. The van der Waals surface area contributed by atoms with E-state index in [0.29, 0.717) is 6.54 Å². The van der Waals surface area contributed by atoms with E-state index in [4.69, 9.17) is 0 Å². The molecule has 2 rings (SSSR count). The Morgan fingerprint density at radius 3 is 2.53 bits per heavy atom. The van der Waals surface area contributed by atoms with Crippen LogP contribution in [0, 0.1) is 11.6 Å². The Morgan fingerprint density at radius 1 is 1.12 bits per heavy atom. The lowest BCUT2D eigenvalue weighted by atomic mass is 10.3. The van der Waals surface area contributed by atoms with E-state index in [2.05, 4.69) is 37.2 Å². The van der Waals surface area contributed by atoms with Crippen LogP contribution in [-0.4, -0.2) is 0 Å². The Kier molecular flexibility index (Phi) is 4.17. The number of nitrogens with one attached hydrogen (secondary N) is 1. The number of benzene rings is 1. The molecule has 0 aliphatic carbocycles. The SMILES string of the molecule is Fc1cc(NCc2ccc(Br)s2)c(F)cc1Br. The second kappa shape index (κ2) is 5.46. The van der Waals surface area contributed by atoms with Crippen molar-refractivity contribution in [1.82, 2.24) is 0 Å². The summed E-state index contributed by atoms with van der Waals surface area (Å²) in [4.78, 5) is 1.04. The molecule has 0 unspecified atom stereocenters. The maximum atomic E-state index is 13.5. The predicted octanol–water partition coefficient (Wildman–Crippen LogP) is 5.16. The van der Waals surface area contributed by atoms with Crippen molar-refractivity contribution in [3.63, 3.8) is 0 Å². The van der Waals surface area contributed by atoms with Gasteiger partial charge < -0.3 is 5.32 Å². The van der Waals surface area contributed by atoms with Gasteiger partial charge in [-0.05, 0) is 50.1 Å². The van der Waals surface area contributed by atoms with Gasteiger partial charge in [-0.15, -0.1) is 11.3 Å². The van der Waals surface area contributed by atoms with Crippen molar-refractivity contribution in [1.29, 1.82) is 0 Å². The fraction of sp³-hybridized carbons (Fsp3) is 0.0909. The second-order valence-electron chi connectivity index (χ2n) is 3.31. The zero-order valence-corrected chi connectivity index (χ0v) is 12.4. The molecule has 0 atom stereocenters. The number of anilines is 1. The molecule has 0 spiro atoms. The summed E-state index contributed by atoms with van der Waals surface area (Å²) in [5.41, 5.74) is 0.162. The Balaban J connectivity index is 2.11. The van der Waals surface area contributed by atoms with Gasteiger partial charge in [0.15, 0.2) is 0 Å². The smallest absolute Gasteiger partial charge is 0.147 e. The molecule has 1 heterocycles. The van der Waals surface area contributed by atoms with Gasteiger partial charge in [-0.2, -0.15) is 0 Å². The highest BCUT2D eigenvalue weighted by atomic mass is 79.9. The summed E-state index contributed by atoms with van der Waals surface area (Å²) >= 11 is 7.83. The fourth-order valence-corrected chi connectivity index (χ4v) is 3.03. The van der Waals surface area contributed by atoms with Crippen LogP contribution in [0.2, 0.25) is 0 Å². The Labute approximate surface area is 118 Å². The van der Waals surface area contributed by atoms with Crippen molar-refractivity contribution in [2.45, 2.75) is 6.54 Å². The van der Waals surface area contributed by atoms with E-state index in [9.17, 15) is 8.78 Å². The average Bonchev–Trinajstić information content (AvgIpc) is 2.68. The van der Waals surface area contributed by atoms with Crippen LogP contribution in [0.3, 0.4) is 0 Å². The molecule has 1 aromatic carbocycles. The van der Waals surface area contributed by atoms with Crippen LogP contribution in [0.1, 0.15) is 4.88 Å². The van der Waals surface area contributed by atoms with E-state index in [1.54, 1.807) is 11.3 Å². The number of hydrogen-bond acceptors (Lipinski definition) is 2. The first-order valence-electron chi connectivity index (χ1n) is 4.69. The number of thiophene rings is 1. The number of hydrogen-bond donors (Lipinski definition) is 1. The van der Waals surface area contributed by atoms with E-state index in [0.717, 1.165) is 20.8 Å². The maximum absolute atomic E-state index is 13.5. The molecule has 0 saturated heterocycles. The minimum atomic E-state index is -0.485. The molecule has 1 nitrogen and oxygen atoms in total. The Hall–Kier alpha value is -0.460. The van der Waals surface area contributed by atoms with Gasteiger partial charge in [-0.25, -0.2) is 8.78 Å². The summed E-state index contributed by atoms with van der Waals surface area (Å²) in [6, 6.07) is 6.10. The van der Waals surface area contributed by atoms with E-state index >= 15 is 0 Å². The van der Waals surface area contributed by atoms with E-state index in [-0.39, 0.29) is 10.2 Å². The molecule has 0 saturated carbocycles. The van der Waals surface area contributed by atoms with E-state index in [1.807, 2.05) is 12.1 Å². The summed E-state index contributed by atoms with van der Waals surface area (Å²) in [5.74, 6) is -0.963. The molecular formula is C11H7Br2F2NS. The Morgan fingerprint density at radius 2 is 1.88 bits per heavy atom. The monoisotopic (exact) mass is 381 g/mol. The highest BCUT2D eigenvalue weighted by molar-refractivity contribution is 9.11. The van der Waals surface area contributed by atoms with Crippen molar-refractivity contribution in [3.8, 4) is 0 Å². The highest BCUT2D eigenvalue weighted by Crippen LogP contribution is 2.26. The van der Waals surface area contributed by atoms with Crippen molar-refractivity contribution < 1.29 is 8.78 Å². The molecule has 90 valence electrons. The first kappa shape index (κ1) is 13.0. The van der Waals surface area contributed by atoms with Crippen LogP contribution in [0.15, 0.2) is 32.5 Å². The fourth-order valence-electron chi connectivity index (χ4n) is 1.29. The summed E-state index contributed by atoms with van der Waals surface area (Å²) in [7, 11) is 0. The predicted molar refractivity (Wildman–Crippen MR) is 73.4 cm³/mol. The molecule has 0 radical (unpaired) electrons. The third kappa shape index (κ3) is 3.26. The largest absolute Gasteiger partial charge is 0.378 e. The normalized spacial score (nSPS) is 10.6. The van der Waals surface area contributed by atoms with Gasteiger partial charge in [0.1, 0.15) is 11.6 Å². The first-order valence-corrected chi connectivity index (χ1v) is 7.09. The van der Waals surface area contributed by atoms with Crippen molar-refractivity contribution in [3.05, 3.63) is 49.0 Å². The van der Waals surface area contributed by atoms with Gasteiger partial charge in [0, 0.05) is 17.5 Å². The lowest BCUT2D eigenvalue weighted by molar-refractivity contribution is 0.596. The van der Waals surface area contributed by atoms with Crippen LogP contribution < -0.4 is 5.32 Å². The third-order valence-corrected chi connectivity index (χ3v) is 4.32. The molecule has 0 aliphatic heterocycles. The van der Waals surface area contributed by atoms with Gasteiger partial charge in [0.05, 0.1) is 13.9 Å². The molecule has 2 aromatic rings. The summed E-state index contributed by atoms with van der Waals surface area (Å²) in [6.45, 7) is 0.467. The molecule has 17 heavy (non-hydrogen) atoms. The molecule has 0 bridgehead atoms. The molecule has 0 aliphatic rings. The van der Waals surface area contributed by atoms with Gasteiger partial charge in [0.25, 0.3) is 0 Å². The number of rotatable bonds is 3. The standard InChI is InChI=1S/C11H7Br2F2NS/c12-7-3-9(15)10(4-8(7)14)16-5-6-1-2-11(13)17-6/h1-4,16H,5H2. The maximum Gasteiger partial charge on any atom is 0.147 e. The molecule has 6 heteroatoms. The first-order chi connectivity index (χ1) is 8.06. The lowest BCUT2D eigenvalue weighted by Gasteiger charge is -2.07. The molecule has 1 aromatic heterocycles. The quantitative estimate of drug-likeness (QED) is 0.722. The zero-order chi connectivity index (χ0) is 12.4. The highest BCUT2D eigenvalue weighted by Gasteiger charge is 2.08. The van der Waals surface area contributed by atoms with Crippen LogP contribution in [0.4, 0.5) is 14.5 Å². The van der Waals surface area contributed by atoms with Gasteiger partial charge in [-0.3, -0.25) is 0 Å². The topological polar surface area (TPSA) is 12.0 Å². The van der Waals surface area contributed by atoms with E-state index < -0.39 is 11.6 Å². The third-order valence-electron chi connectivity index (χ3n) is 2.09. The summed E-state index contributed by atoms with van der Waals surface area (Å²) < 4.78 is 27.8.